The number of rotatable bonds is 5. The van der Waals surface area contributed by atoms with Gasteiger partial charge in [0.05, 0.1) is 7.11 Å². The van der Waals surface area contributed by atoms with Crippen LogP contribution >= 0.6 is 0 Å². The summed E-state index contributed by atoms with van der Waals surface area (Å²) < 4.78 is 5.19. The van der Waals surface area contributed by atoms with Crippen molar-refractivity contribution >= 4 is 12.0 Å². The third kappa shape index (κ3) is 4.98. The molecule has 21 heavy (non-hydrogen) atoms. The molecule has 2 amide bonds. The van der Waals surface area contributed by atoms with E-state index in [1.54, 1.807) is 33.9 Å². The van der Waals surface area contributed by atoms with Gasteiger partial charge in [-0.2, -0.15) is 0 Å². The number of hydrogen-bond donors (Lipinski definition) is 3. The average Bonchev–Trinajstić information content (AvgIpc) is 2.41. The Labute approximate surface area is 124 Å². The summed E-state index contributed by atoms with van der Waals surface area (Å²) in [6.07, 6.45) is 0. The molecule has 1 atom stereocenters. The van der Waals surface area contributed by atoms with Gasteiger partial charge in [-0.25, -0.2) is 9.59 Å². The van der Waals surface area contributed by atoms with E-state index >= 15 is 0 Å². The summed E-state index contributed by atoms with van der Waals surface area (Å²) >= 11 is 0. The van der Waals surface area contributed by atoms with Gasteiger partial charge in [-0.1, -0.05) is 39.0 Å². The number of ether oxygens (including phenoxy) is 1. The van der Waals surface area contributed by atoms with Crippen LogP contribution in [-0.4, -0.2) is 30.3 Å². The van der Waals surface area contributed by atoms with Gasteiger partial charge >= 0.3 is 12.0 Å². The number of carboxylic acid groups (broad SMARTS) is 1. The lowest BCUT2D eigenvalue weighted by Gasteiger charge is -2.27. The molecule has 3 N–H and O–H groups in total. The number of carboxylic acids is 1. The van der Waals surface area contributed by atoms with E-state index < -0.39 is 23.5 Å². The SMILES string of the molecule is COc1ccccc1CNC(=O)NC(C(=O)O)C(C)(C)C. The predicted octanol–water partition coefficient (Wildman–Crippen LogP) is 1.99. The molecule has 0 aliphatic rings. The fourth-order valence-electron chi connectivity index (χ4n) is 1.86. The Morgan fingerprint density at radius 1 is 1.29 bits per heavy atom. The normalized spacial score (nSPS) is 12.4. The highest BCUT2D eigenvalue weighted by Crippen LogP contribution is 2.19. The Bertz CT molecular complexity index is 509. The quantitative estimate of drug-likeness (QED) is 0.775. The molecule has 0 aliphatic carbocycles. The number of amides is 2. The van der Waals surface area contributed by atoms with Crippen molar-refractivity contribution in [3.05, 3.63) is 29.8 Å². The molecule has 6 heteroatoms. The van der Waals surface area contributed by atoms with Crippen LogP contribution in [0.1, 0.15) is 26.3 Å². The predicted molar refractivity (Wildman–Crippen MR) is 79.2 cm³/mol. The van der Waals surface area contributed by atoms with Crippen molar-refractivity contribution in [2.24, 2.45) is 5.41 Å². The van der Waals surface area contributed by atoms with Crippen molar-refractivity contribution in [3.63, 3.8) is 0 Å². The first-order chi connectivity index (χ1) is 9.75. The zero-order valence-electron chi connectivity index (χ0n) is 12.8. The lowest BCUT2D eigenvalue weighted by Crippen LogP contribution is -2.52. The molecule has 0 saturated heterocycles. The Balaban J connectivity index is 2.63. The molecule has 6 nitrogen and oxygen atoms in total. The monoisotopic (exact) mass is 294 g/mol. The van der Waals surface area contributed by atoms with Gasteiger partial charge in [0.15, 0.2) is 0 Å². The first-order valence-electron chi connectivity index (χ1n) is 6.64. The van der Waals surface area contributed by atoms with Crippen LogP contribution in [0.25, 0.3) is 0 Å². The second-order valence-corrected chi connectivity index (χ2v) is 5.78. The maximum absolute atomic E-state index is 11.9. The standard InChI is InChI=1S/C15H22N2O4/c1-15(2,3)12(13(18)19)17-14(20)16-9-10-7-5-6-8-11(10)21-4/h5-8,12H,9H2,1-4H3,(H,18,19)(H2,16,17,20). The van der Waals surface area contributed by atoms with Crippen LogP contribution in [-0.2, 0) is 11.3 Å². The van der Waals surface area contributed by atoms with E-state index in [1.165, 1.54) is 0 Å². The van der Waals surface area contributed by atoms with Crippen molar-refractivity contribution in [3.8, 4) is 5.75 Å². The average molecular weight is 294 g/mol. The maximum Gasteiger partial charge on any atom is 0.326 e. The summed E-state index contributed by atoms with van der Waals surface area (Å²) in [7, 11) is 1.55. The number of carbonyl (C=O) groups excluding carboxylic acids is 1. The molecular weight excluding hydrogens is 272 g/mol. The van der Waals surface area contributed by atoms with Crippen molar-refractivity contribution < 1.29 is 19.4 Å². The third-order valence-electron chi connectivity index (χ3n) is 3.02. The van der Waals surface area contributed by atoms with Crippen LogP contribution in [0.2, 0.25) is 0 Å². The second kappa shape index (κ2) is 6.97. The number of carbonyl (C=O) groups is 2. The molecule has 0 aliphatic heterocycles. The van der Waals surface area contributed by atoms with E-state index in [1.807, 2.05) is 18.2 Å². The molecule has 1 aromatic carbocycles. The lowest BCUT2D eigenvalue weighted by molar-refractivity contribution is -0.141. The van der Waals surface area contributed by atoms with Gasteiger partial charge < -0.3 is 20.5 Å². The summed E-state index contributed by atoms with van der Waals surface area (Å²) in [5.74, 6) is -0.390. The number of hydrogen-bond acceptors (Lipinski definition) is 3. The van der Waals surface area contributed by atoms with Crippen molar-refractivity contribution in [2.75, 3.05) is 7.11 Å². The molecular formula is C15H22N2O4. The Morgan fingerprint density at radius 2 is 1.90 bits per heavy atom. The van der Waals surface area contributed by atoms with Crippen molar-refractivity contribution in [1.29, 1.82) is 0 Å². The van der Waals surface area contributed by atoms with Gasteiger partial charge in [-0.15, -0.1) is 0 Å². The lowest BCUT2D eigenvalue weighted by atomic mass is 9.87. The molecule has 0 fully saturated rings. The van der Waals surface area contributed by atoms with Crippen LogP contribution in [0.3, 0.4) is 0 Å². The molecule has 1 aromatic rings. The smallest absolute Gasteiger partial charge is 0.326 e. The van der Waals surface area contributed by atoms with Gasteiger partial charge in [0.1, 0.15) is 11.8 Å². The van der Waals surface area contributed by atoms with Crippen LogP contribution in [0.5, 0.6) is 5.75 Å². The Hall–Kier alpha value is -2.24. The number of aliphatic carboxylic acids is 1. The van der Waals surface area contributed by atoms with E-state index in [4.69, 9.17) is 9.84 Å². The van der Waals surface area contributed by atoms with Crippen LogP contribution in [0, 0.1) is 5.41 Å². The largest absolute Gasteiger partial charge is 0.496 e. The molecule has 1 unspecified atom stereocenters. The minimum absolute atomic E-state index is 0.256. The zero-order valence-corrected chi connectivity index (χ0v) is 12.8. The van der Waals surface area contributed by atoms with E-state index in [2.05, 4.69) is 10.6 Å². The Kier molecular flexibility index (Phi) is 5.58. The fourth-order valence-corrected chi connectivity index (χ4v) is 1.86. The minimum Gasteiger partial charge on any atom is -0.496 e. The highest BCUT2D eigenvalue weighted by Gasteiger charge is 2.32. The van der Waals surface area contributed by atoms with Crippen LogP contribution in [0.15, 0.2) is 24.3 Å². The van der Waals surface area contributed by atoms with E-state index in [0.29, 0.717) is 5.75 Å². The number of methoxy groups -OCH3 is 1. The molecule has 0 bridgehead atoms. The summed E-state index contributed by atoms with van der Waals surface area (Å²) in [4.78, 5) is 23.0. The number of benzene rings is 1. The number of para-hydroxylation sites is 1. The first kappa shape index (κ1) is 16.8. The van der Waals surface area contributed by atoms with Crippen LogP contribution < -0.4 is 15.4 Å². The fraction of sp³-hybridized carbons (Fsp3) is 0.467. The van der Waals surface area contributed by atoms with Crippen LogP contribution in [0.4, 0.5) is 4.79 Å². The van der Waals surface area contributed by atoms with Crippen molar-refractivity contribution in [1.82, 2.24) is 10.6 Å². The van der Waals surface area contributed by atoms with Gasteiger partial charge in [-0.3, -0.25) is 0 Å². The van der Waals surface area contributed by atoms with Gasteiger partial charge in [0.25, 0.3) is 0 Å². The highest BCUT2D eigenvalue weighted by atomic mass is 16.5. The molecule has 0 heterocycles. The summed E-state index contributed by atoms with van der Waals surface area (Å²) in [5, 5.41) is 14.3. The van der Waals surface area contributed by atoms with Gasteiger partial charge in [-0.05, 0) is 11.5 Å². The molecule has 1 rings (SSSR count). The molecule has 0 aromatic heterocycles. The van der Waals surface area contributed by atoms with Gasteiger partial charge in [0, 0.05) is 12.1 Å². The van der Waals surface area contributed by atoms with E-state index in [-0.39, 0.29) is 6.54 Å². The molecule has 0 spiro atoms. The first-order valence-corrected chi connectivity index (χ1v) is 6.64. The third-order valence-corrected chi connectivity index (χ3v) is 3.02. The maximum atomic E-state index is 11.9. The van der Waals surface area contributed by atoms with Crippen molar-refractivity contribution in [2.45, 2.75) is 33.4 Å². The number of nitrogens with one attached hydrogen (secondary N) is 2. The second-order valence-electron chi connectivity index (χ2n) is 5.78. The summed E-state index contributed by atoms with van der Waals surface area (Å²) in [5.41, 5.74) is 0.242. The number of urea groups is 1. The molecule has 0 saturated carbocycles. The molecule has 0 radical (unpaired) electrons. The van der Waals surface area contributed by atoms with E-state index in [0.717, 1.165) is 5.56 Å². The Morgan fingerprint density at radius 3 is 2.43 bits per heavy atom. The minimum atomic E-state index is -1.06. The molecule has 116 valence electrons. The van der Waals surface area contributed by atoms with E-state index in [9.17, 15) is 9.59 Å². The summed E-state index contributed by atoms with van der Waals surface area (Å²) in [6, 6.07) is 5.81. The summed E-state index contributed by atoms with van der Waals surface area (Å²) in [6.45, 7) is 5.53. The topological polar surface area (TPSA) is 87.7 Å². The van der Waals surface area contributed by atoms with Gasteiger partial charge in [0.2, 0.25) is 0 Å². The zero-order chi connectivity index (χ0) is 16.0. The highest BCUT2D eigenvalue weighted by molar-refractivity contribution is 5.83.